The molecule has 86 valence electrons. The molecular weight excluding hydrogens is 286 g/mol. The maximum absolute atomic E-state index is 6.57. The van der Waals surface area contributed by atoms with E-state index in [9.17, 15) is 0 Å². The monoisotopic (exact) mass is 299 g/mol. The van der Waals surface area contributed by atoms with Crippen molar-refractivity contribution in [1.29, 1.82) is 0 Å². The molecule has 0 aliphatic heterocycles. The number of nitrogens with two attached hydrogens (primary N) is 1. The van der Waals surface area contributed by atoms with Crippen molar-refractivity contribution >= 4 is 27.5 Å². The van der Waals surface area contributed by atoms with Crippen LogP contribution in [0.4, 0.5) is 0 Å². The van der Waals surface area contributed by atoms with Crippen molar-refractivity contribution in [3.8, 4) is 0 Å². The Labute approximate surface area is 109 Å². The fourth-order valence-electron chi connectivity index (χ4n) is 3.37. The van der Waals surface area contributed by atoms with Gasteiger partial charge in [0, 0.05) is 10.0 Å². The van der Waals surface area contributed by atoms with Crippen LogP contribution in [0.2, 0.25) is 5.02 Å². The van der Waals surface area contributed by atoms with E-state index >= 15 is 0 Å². The van der Waals surface area contributed by atoms with Gasteiger partial charge < -0.3 is 5.73 Å². The zero-order valence-electron chi connectivity index (χ0n) is 9.05. The summed E-state index contributed by atoms with van der Waals surface area (Å²) in [7, 11) is 0. The molecule has 0 spiro atoms. The first-order chi connectivity index (χ1) is 7.64. The second-order valence-electron chi connectivity index (χ2n) is 5.06. The first kappa shape index (κ1) is 11.1. The molecule has 2 N–H and O–H groups in total. The van der Waals surface area contributed by atoms with Crippen molar-refractivity contribution in [2.45, 2.75) is 31.2 Å². The lowest BCUT2D eigenvalue weighted by molar-refractivity contribution is 0.480. The summed E-state index contributed by atoms with van der Waals surface area (Å²) in [5.41, 5.74) is 7.76. The van der Waals surface area contributed by atoms with Crippen LogP contribution in [0.25, 0.3) is 0 Å². The van der Waals surface area contributed by atoms with E-state index < -0.39 is 0 Å². The van der Waals surface area contributed by atoms with Crippen LogP contribution in [0.5, 0.6) is 0 Å². The van der Waals surface area contributed by atoms with Gasteiger partial charge in [-0.05, 0) is 58.3 Å². The van der Waals surface area contributed by atoms with Crippen molar-refractivity contribution < 1.29 is 0 Å². The number of hydrogen-bond acceptors (Lipinski definition) is 1. The molecule has 0 radical (unpaired) electrons. The van der Waals surface area contributed by atoms with Gasteiger partial charge in [0.25, 0.3) is 0 Å². The molecule has 3 rings (SSSR count). The topological polar surface area (TPSA) is 26.0 Å². The van der Waals surface area contributed by atoms with Crippen LogP contribution in [-0.4, -0.2) is 0 Å². The van der Waals surface area contributed by atoms with E-state index in [0.29, 0.717) is 11.8 Å². The summed E-state index contributed by atoms with van der Waals surface area (Å²) in [4.78, 5) is 0. The van der Waals surface area contributed by atoms with Crippen LogP contribution in [0.1, 0.15) is 31.2 Å². The SMILES string of the molecule is NC1(c2ccc(Cl)c(Br)c2)C2CCCCC21. The summed E-state index contributed by atoms with van der Waals surface area (Å²) < 4.78 is 0.958. The van der Waals surface area contributed by atoms with Gasteiger partial charge in [0.1, 0.15) is 0 Å². The molecule has 0 heterocycles. The predicted octanol–water partition coefficient (Wildman–Crippen LogP) is 4.08. The Bertz CT molecular complexity index is 420. The highest BCUT2D eigenvalue weighted by atomic mass is 79.9. The van der Waals surface area contributed by atoms with Gasteiger partial charge in [-0.2, -0.15) is 0 Å². The standard InChI is InChI=1S/C13H15BrClN/c14-11-7-8(5-6-12(11)15)13(16)9-3-1-2-4-10(9)13/h5-7,9-10H,1-4,16H2. The highest BCUT2D eigenvalue weighted by molar-refractivity contribution is 9.10. The lowest BCUT2D eigenvalue weighted by atomic mass is 10.0. The summed E-state index contributed by atoms with van der Waals surface area (Å²) in [5.74, 6) is 1.41. The molecule has 2 aliphatic carbocycles. The number of benzene rings is 1. The quantitative estimate of drug-likeness (QED) is 0.831. The van der Waals surface area contributed by atoms with Gasteiger partial charge in [-0.1, -0.05) is 30.5 Å². The van der Waals surface area contributed by atoms with E-state index in [1.165, 1.54) is 31.2 Å². The molecule has 0 saturated heterocycles. The third-order valence-corrected chi connectivity index (χ3v) is 5.52. The van der Waals surface area contributed by atoms with E-state index in [4.69, 9.17) is 17.3 Å². The largest absolute Gasteiger partial charge is 0.321 e. The van der Waals surface area contributed by atoms with Crippen LogP contribution in [0.3, 0.4) is 0 Å². The average Bonchev–Trinajstić information content (AvgIpc) is 2.91. The van der Waals surface area contributed by atoms with Crippen LogP contribution in [-0.2, 0) is 5.54 Å². The third kappa shape index (κ3) is 1.47. The molecule has 3 heteroatoms. The second-order valence-corrected chi connectivity index (χ2v) is 6.32. The highest BCUT2D eigenvalue weighted by Crippen LogP contribution is 2.62. The minimum Gasteiger partial charge on any atom is -0.321 e. The van der Waals surface area contributed by atoms with Crippen molar-refractivity contribution in [2.24, 2.45) is 17.6 Å². The van der Waals surface area contributed by atoms with E-state index in [0.717, 1.165) is 9.50 Å². The molecule has 1 nitrogen and oxygen atoms in total. The van der Waals surface area contributed by atoms with E-state index in [1.807, 2.05) is 6.07 Å². The van der Waals surface area contributed by atoms with Crippen LogP contribution in [0, 0.1) is 11.8 Å². The Morgan fingerprint density at radius 3 is 2.44 bits per heavy atom. The second kappa shape index (κ2) is 3.72. The molecule has 0 aromatic heterocycles. The third-order valence-electron chi connectivity index (χ3n) is 4.30. The normalized spacial score (nSPS) is 36.9. The maximum Gasteiger partial charge on any atom is 0.0548 e. The van der Waals surface area contributed by atoms with Gasteiger partial charge in [0.2, 0.25) is 0 Å². The molecule has 0 bridgehead atoms. The number of fused-ring (bicyclic) bond motifs is 1. The average molecular weight is 301 g/mol. The molecule has 1 aromatic rings. The van der Waals surface area contributed by atoms with Crippen molar-refractivity contribution in [3.63, 3.8) is 0 Å². The minimum atomic E-state index is -0.0659. The number of rotatable bonds is 1. The first-order valence-electron chi connectivity index (χ1n) is 5.88. The zero-order chi connectivity index (χ0) is 11.3. The summed E-state index contributed by atoms with van der Waals surface area (Å²) in [6, 6.07) is 6.13. The number of hydrogen-bond donors (Lipinski definition) is 1. The lowest BCUT2D eigenvalue weighted by Crippen LogP contribution is -2.23. The Hall–Kier alpha value is -0.0500. The molecule has 2 unspecified atom stereocenters. The summed E-state index contributed by atoms with van der Waals surface area (Å²) >= 11 is 9.49. The van der Waals surface area contributed by atoms with E-state index in [-0.39, 0.29) is 5.54 Å². The Balaban J connectivity index is 1.95. The van der Waals surface area contributed by atoms with Gasteiger partial charge in [-0.3, -0.25) is 0 Å². The summed E-state index contributed by atoms with van der Waals surface area (Å²) in [6.07, 6.45) is 5.27. The predicted molar refractivity (Wildman–Crippen MR) is 70.5 cm³/mol. The first-order valence-corrected chi connectivity index (χ1v) is 7.05. The van der Waals surface area contributed by atoms with Crippen LogP contribution >= 0.6 is 27.5 Å². The van der Waals surface area contributed by atoms with Crippen LogP contribution in [0.15, 0.2) is 22.7 Å². The van der Waals surface area contributed by atoms with Gasteiger partial charge in [0.15, 0.2) is 0 Å². The maximum atomic E-state index is 6.57. The Morgan fingerprint density at radius 2 is 1.88 bits per heavy atom. The molecule has 2 aliphatic rings. The van der Waals surface area contributed by atoms with E-state index in [2.05, 4.69) is 28.1 Å². The van der Waals surface area contributed by atoms with Gasteiger partial charge >= 0.3 is 0 Å². The Morgan fingerprint density at radius 1 is 1.25 bits per heavy atom. The highest BCUT2D eigenvalue weighted by Gasteiger charge is 2.62. The molecule has 1 aromatic carbocycles. The van der Waals surface area contributed by atoms with Crippen molar-refractivity contribution in [3.05, 3.63) is 33.3 Å². The van der Waals surface area contributed by atoms with Crippen molar-refractivity contribution in [1.82, 2.24) is 0 Å². The molecule has 2 fully saturated rings. The van der Waals surface area contributed by atoms with Gasteiger partial charge in [-0.25, -0.2) is 0 Å². The van der Waals surface area contributed by atoms with Gasteiger partial charge in [-0.15, -0.1) is 0 Å². The zero-order valence-corrected chi connectivity index (χ0v) is 11.4. The molecule has 0 amide bonds. The summed E-state index contributed by atoms with van der Waals surface area (Å²) in [5, 5.41) is 0.760. The molecule has 2 atom stereocenters. The molecule has 2 saturated carbocycles. The van der Waals surface area contributed by atoms with E-state index in [1.54, 1.807) is 0 Å². The van der Waals surface area contributed by atoms with Crippen molar-refractivity contribution in [2.75, 3.05) is 0 Å². The smallest absolute Gasteiger partial charge is 0.0548 e. The summed E-state index contributed by atoms with van der Waals surface area (Å²) in [6.45, 7) is 0. The number of halogens is 2. The molecule has 16 heavy (non-hydrogen) atoms. The Kier molecular flexibility index (Phi) is 2.58. The van der Waals surface area contributed by atoms with Gasteiger partial charge in [0.05, 0.1) is 5.02 Å². The van der Waals surface area contributed by atoms with Crippen LogP contribution < -0.4 is 5.73 Å². The molecular formula is C13H15BrClN. The lowest BCUT2D eigenvalue weighted by Gasteiger charge is -2.13. The fourth-order valence-corrected chi connectivity index (χ4v) is 3.86. The minimum absolute atomic E-state index is 0.0659. The fraction of sp³-hybridized carbons (Fsp3) is 0.538.